The normalized spacial score (nSPS) is 12.6. The second-order valence-corrected chi connectivity index (χ2v) is 9.24. The molecule has 0 heterocycles. The lowest BCUT2D eigenvalue weighted by Gasteiger charge is -2.19. The minimum absolute atomic E-state index is 0.359. The summed E-state index contributed by atoms with van der Waals surface area (Å²) in [5.41, 5.74) is -2.38. The Hall–Kier alpha value is 0.130. The van der Waals surface area contributed by atoms with Crippen LogP contribution in [-0.2, 0) is 30.4 Å². The Morgan fingerprint density at radius 3 is 2.18 bits per heavy atom. The molecule has 0 radical (unpaired) electrons. The van der Waals surface area contributed by atoms with E-state index in [0.29, 0.717) is 19.8 Å². The molecule has 0 fully saturated rings. The van der Waals surface area contributed by atoms with Gasteiger partial charge in [0.1, 0.15) is 0 Å². The molecule has 0 saturated heterocycles. The molecule has 0 bridgehead atoms. The summed E-state index contributed by atoms with van der Waals surface area (Å²) in [7, 11) is 0. The molecule has 7 heteroatoms. The van der Waals surface area contributed by atoms with Gasteiger partial charge in [-0.25, -0.2) is 4.79 Å². The number of ether oxygens (including phenoxy) is 1. The molecular formula is C10H19O4PS2. The van der Waals surface area contributed by atoms with Crippen LogP contribution in [0.4, 0.5) is 0 Å². The van der Waals surface area contributed by atoms with E-state index in [1.165, 1.54) is 17.5 Å². The highest BCUT2D eigenvalue weighted by molar-refractivity contribution is 8.69. The molecule has 100 valence electrons. The molecule has 0 N–H and O–H groups in total. The number of allylic oxidation sites excluding steroid dienone is 1. The van der Waals surface area contributed by atoms with Crippen molar-refractivity contribution in [3.63, 3.8) is 0 Å². The minimum Gasteiger partial charge on any atom is -0.463 e. The van der Waals surface area contributed by atoms with Crippen molar-refractivity contribution >= 4 is 34.9 Å². The molecule has 0 aliphatic carbocycles. The van der Waals surface area contributed by atoms with Gasteiger partial charge in [-0.2, -0.15) is 0 Å². The summed E-state index contributed by atoms with van der Waals surface area (Å²) in [6.07, 6.45) is 1.41. The predicted molar refractivity (Wildman–Crippen MR) is 75.5 cm³/mol. The first-order valence-electron chi connectivity index (χ1n) is 5.41. The summed E-state index contributed by atoms with van der Waals surface area (Å²) in [6, 6.07) is 0. The van der Waals surface area contributed by atoms with Crippen LogP contribution in [0.5, 0.6) is 0 Å². The number of carbonyl (C=O) groups excluding carboxylic acids is 1. The fourth-order valence-electron chi connectivity index (χ4n) is 0.959. The zero-order valence-corrected chi connectivity index (χ0v) is 13.1. The molecule has 0 rings (SSSR count). The van der Waals surface area contributed by atoms with Gasteiger partial charge < -0.3 is 13.8 Å². The van der Waals surface area contributed by atoms with Gasteiger partial charge in [-0.05, 0) is 55.8 Å². The van der Waals surface area contributed by atoms with Gasteiger partial charge in [-0.3, -0.25) is 0 Å². The molecule has 0 amide bonds. The molecule has 0 aromatic heterocycles. The van der Waals surface area contributed by atoms with Crippen LogP contribution in [0.15, 0.2) is 11.0 Å². The first-order chi connectivity index (χ1) is 7.97. The van der Waals surface area contributed by atoms with Crippen molar-refractivity contribution in [3.8, 4) is 0 Å². The number of hydrogen-bond donors (Lipinski definition) is 0. The van der Waals surface area contributed by atoms with E-state index in [9.17, 15) is 4.79 Å². The maximum Gasteiger partial charge on any atom is 0.331 e. The lowest BCUT2D eigenvalue weighted by atomic mass is 10.5. The topological polar surface area (TPSA) is 44.8 Å². The minimum atomic E-state index is -2.38. The van der Waals surface area contributed by atoms with Crippen LogP contribution in [0.25, 0.3) is 0 Å². The predicted octanol–water partition coefficient (Wildman–Crippen LogP) is 3.48. The Morgan fingerprint density at radius 1 is 1.24 bits per heavy atom. The molecule has 0 aliphatic rings. The van der Waals surface area contributed by atoms with E-state index >= 15 is 0 Å². The van der Waals surface area contributed by atoms with Crippen molar-refractivity contribution in [3.05, 3.63) is 11.0 Å². The maximum absolute atomic E-state index is 11.2. The average Bonchev–Trinajstić information content (AvgIpc) is 2.17. The van der Waals surface area contributed by atoms with Crippen LogP contribution in [0.1, 0.15) is 27.7 Å². The smallest absolute Gasteiger partial charge is 0.331 e. The van der Waals surface area contributed by atoms with Crippen molar-refractivity contribution in [2.24, 2.45) is 0 Å². The molecular weight excluding hydrogens is 279 g/mol. The Kier molecular flexibility index (Phi) is 9.18. The number of carbonyl (C=O) groups is 1. The first kappa shape index (κ1) is 17.1. The van der Waals surface area contributed by atoms with Gasteiger partial charge in [0.2, 0.25) is 0 Å². The molecule has 17 heavy (non-hydrogen) atoms. The monoisotopic (exact) mass is 298 g/mol. The summed E-state index contributed by atoms with van der Waals surface area (Å²) in [4.78, 5) is 12.0. The fraction of sp³-hybridized carbons (Fsp3) is 0.700. The van der Waals surface area contributed by atoms with Crippen LogP contribution in [-0.4, -0.2) is 25.8 Å². The standard InChI is InChI=1S/C10H19O4PS2/c1-5-12-10(11)8-9(4)17-15(16,13-6-2)14-7-3/h8H,5-7H2,1-4H3. The zero-order chi connectivity index (χ0) is 13.3. The largest absolute Gasteiger partial charge is 0.463 e. The third-order valence-corrected chi connectivity index (χ3v) is 6.69. The van der Waals surface area contributed by atoms with Crippen molar-refractivity contribution in [1.82, 2.24) is 0 Å². The second-order valence-electron chi connectivity index (χ2n) is 2.88. The van der Waals surface area contributed by atoms with Crippen molar-refractivity contribution in [2.75, 3.05) is 19.8 Å². The van der Waals surface area contributed by atoms with Gasteiger partial charge in [-0.1, -0.05) is 0 Å². The van der Waals surface area contributed by atoms with E-state index in [4.69, 9.17) is 25.6 Å². The van der Waals surface area contributed by atoms with Crippen molar-refractivity contribution in [1.29, 1.82) is 0 Å². The number of esters is 1. The summed E-state index contributed by atoms with van der Waals surface area (Å²) in [6.45, 7) is 8.64. The summed E-state index contributed by atoms with van der Waals surface area (Å²) in [5.74, 6) is -0.368. The third-order valence-electron chi connectivity index (χ3n) is 1.44. The van der Waals surface area contributed by atoms with Crippen LogP contribution < -0.4 is 0 Å². The highest BCUT2D eigenvalue weighted by Crippen LogP contribution is 2.63. The van der Waals surface area contributed by atoms with E-state index in [1.54, 1.807) is 13.8 Å². The molecule has 0 unspecified atom stereocenters. The Morgan fingerprint density at radius 2 is 1.76 bits per heavy atom. The van der Waals surface area contributed by atoms with Crippen LogP contribution in [0.3, 0.4) is 0 Å². The Bertz CT molecular complexity index is 307. The van der Waals surface area contributed by atoms with Gasteiger partial charge in [0.15, 0.2) is 0 Å². The lowest BCUT2D eigenvalue weighted by Crippen LogP contribution is -2.00. The molecule has 0 spiro atoms. The lowest BCUT2D eigenvalue weighted by molar-refractivity contribution is -0.137. The zero-order valence-electron chi connectivity index (χ0n) is 10.6. The second kappa shape index (κ2) is 9.11. The molecule has 0 aromatic rings. The molecule has 4 nitrogen and oxygen atoms in total. The maximum atomic E-state index is 11.2. The highest BCUT2D eigenvalue weighted by atomic mass is 32.9. The molecule has 0 aliphatic heterocycles. The fourth-order valence-corrected chi connectivity index (χ4v) is 6.13. The van der Waals surface area contributed by atoms with Gasteiger partial charge in [-0.15, -0.1) is 0 Å². The number of hydrogen-bond acceptors (Lipinski definition) is 6. The van der Waals surface area contributed by atoms with Gasteiger partial charge >= 0.3 is 5.97 Å². The highest BCUT2D eigenvalue weighted by Gasteiger charge is 2.20. The molecule has 0 aromatic carbocycles. The van der Waals surface area contributed by atoms with Crippen LogP contribution >= 0.6 is 17.1 Å². The van der Waals surface area contributed by atoms with E-state index in [2.05, 4.69) is 0 Å². The quantitative estimate of drug-likeness (QED) is 0.388. The van der Waals surface area contributed by atoms with Gasteiger partial charge in [0.05, 0.1) is 19.8 Å². The number of rotatable bonds is 8. The summed E-state index contributed by atoms with van der Waals surface area (Å²) < 4.78 is 15.7. The van der Waals surface area contributed by atoms with E-state index in [0.717, 1.165) is 4.91 Å². The van der Waals surface area contributed by atoms with Crippen LogP contribution in [0.2, 0.25) is 0 Å². The van der Waals surface area contributed by atoms with E-state index in [1.807, 2.05) is 13.8 Å². The van der Waals surface area contributed by atoms with Crippen molar-refractivity contribution in [2.45, 2.75) is 27.7 Å². The van der Waals surface area contributed by atoms with Crippen molar-refractivity contribution < 1.29 is 18.6 Å². The third kappa shape index (κ3) is 7.95. The van der Waals surface area contributed by atoms with Crippen LogP contribution in [0, 0.1) is 0 Å². The Balaban J connectivity index is 4.54. The first-order valence-corrected chi connectivity index (χ1v) is 9.47. The van der Waals surface area contributed by atoms with E-state index < -0.39 is 5.69 Å². The Labute approximate surface area is 112 Å². The SMILES string of the molecule is CCOC(=O)C=C(C)SP(=S)(OCC)OCC. The summed E-state index contributed by atoms with van der Waals surface area (Å²) >= 11 is 6.62. The summed E-state index contributed by atoms with van der Waals surface area (Å²) in [5, 5.41) is 0. The average molecular weight is 298 g/mol. The van der Waals surface area contributed by atoms with Gasteiger partial charge in [0.25, 0.3) is 5.69 Å². The molecule has 0 saturated carbocycles. The van der Waals surface area contributed by atoms with E-state index in [-0.39, 0.29) is 5.97 Å². The van der Waals surface area contributed by atoms with Gasteiger partial charge in [0, 0.05) is 6.08 Å². The molecule has 0 atom stereocenters.